The highest BCUT2D eigenvalue weighted by molar-refractivity contribution is 6.27. The zero-order valence-corrected chi connectivity index (χ0v) is 10.2. The van der Waals surface area contributed by atoms with E-state index in [4.69, 9.17) is 24.5 Å². The Morgan fingerprint density at radius 3 is 1.75 bits per heavy atom. The Kier molecular flexibility index (Phi) is 3.77. The van der Waals surface area contributed by atoms with Gasteiger partial charge in [-0.15, -0.1) is 0 Å². The third-order valence-corrected chi connectivity index (χ3v) is 3.04. The van der Waals surface area contributed by atoms with Crippen LogP contribution >= 0.6 is 0 Å². The normalized spacial score (nSPS) is 22.4. The number of phenolic OH excluding ortho intramolecular Hbond substituents is 2. The van der Waals surface area contributed by atoms with Crippen molar-refractivity contribution in [2.45, 2.75) is 12.2 Å². The first kappa shape index (κ1) is 14.1. The number of benzene rings is 1. The highest BCUT2D eigenvalue weighted by Crippen LogP contribution is 2.44. The van der Waals surface area contributed by atoms with Crippen molar-refractivity contribution in [2.75, 3.05) is 13.1 Å². The van der Waals surface area contributed by atoms with Crippen molar-refractivity contribution in [3.05, 3.63) is 23.3 Å². The molecule has 0 radical (unpaired) electrons. The average Bonchev–Trinajstić information content (AvgIpc) is 2.63. The molecule has 0 aromatic heterocycles. The third-order valence-electron chi connectivity index (χ3n) is 3.04. The molecule has 1 aromatic rings. The zero-order chi connectivity index (χ0) is 14.9. The number of morpholine rings is 1. The zero-order valence-electron chi connectivity index (χ0n) is 10.2. The molecule has 2 unspecified atom stereocenters. The summed E-state index contributed by atoms with van der Waals surface area (Å²) in [5.41, 5.74) is 1.99. The van der Waals surface area contributed by atoms with Crippen LogP contribution in [0.25, 0.3) is 0 Å². The monoisotopic (exact) mass is 283 g/mol. The first-order chi connectivity index (χ1) is 9.40. The largest absolute Gasteiger partial charge is 0.504 e. The predicted molar refractivity (Wildman–Crippen MR) is 64.5 cm³/mol. The lowest BCUT2D eigenvalue weighted by molar-refractivity contribution is -0.159. The maximum Gasteiger partial charge on any atom is 0.414 e. The van der Waals surface area contributed by atoms with Crippen molar-refractivity contribution in [1.29, 1.82) is 0 Å². The van der Waals surface area contributed by atoms with Crippen molar-refractivity contribution < 1.29 is 34.8 Å². The van der Waals surface area contributed by atoms with E-state index in [0.29, 0.717) is 0 Å². The third kappa shape index (κ3) is 2.65. The van der Waals surface area contributed by atoms with Gasteiger partial charge in [-0.05, 0) is 23.3 Å². The lowest BCUT2D eigenvalue weighted by Gasteiger charge is -2.21. The van der Waals surface area contributed by atoms with Crippen molar-refractivity contribution in [1.82, 2.24) is 5.32 Å². The van der Waals surface area contributed by atoms with Gasteiger partial charge in [-0.25, -0.2) is 9.59 Å². The first-order valence-corrected chi connectivity index (χ1v) is 5.78. The highest BCUT2D eigenvalue weighted by Gasteiger charge is 2.35. The van der Waals surface area contributed by atoms with E-state index in [1.54, 1.807) is 12.1 Å². The topological polar surface area (TPSA) is 136 Å². The van der Waals surface area contributed by atoms with Gasteiger partial charge in [-0.3, -0.25) is 0 Å². The number of phenols is 2. The molecule has 8 nitrogen and oxygen atoms in total. The van der Waals surface area contributed by atoms with Crippen LogP contribution in [0.1, 0.15) is 23.3 Å². The van der Waals surface area contributed by atoms with Gasteiger partial charge in [0.2, 0.25) is 0 Å². The molecular weight excluding hydrogens is 270 g/mol. The fraction of sp³-hybridized carbons (Fsp3) is 0.333. The number of hydrogen-bond acceptors (Lipinski definition) is 6. The van der Waals surface area contributed by atoms with Crippen molar-refractivity contribution in [3.63, 3.8) is 0 Å². The molecule has 1 aromatic carbocycles. The van der Waals surface area contributed by atoms with Gasteiger partial charge in [0.15, 0.2) is 11.5 Å². The standard InChI is InChI=1S/C10H11NO3.C2H2O4/c12-7-1-5-6(2-8(7)13)10-4-11-3-9(5)14-10;3-1(4)2(5)6/h1-2,9-13H,3-4H2;(H,3,4)(H,5,6). The number of carboxylic acid groups (broad SMARTS) is 2. The maximum absolute atomic E-state index is 9.38. The molecular formula is C12H13NO7. The van der Waals surface area contributed by atoms with Crippen molar-refractivity contribution in [2.24, 2.45) is 0 Å². The lowest BCUT2D eigenvalue weighted by atomic mass is 10.0. The molecule has 0 spiro atoms. The Bertz CT molecular complexity index is 510. The molecule has 1 saturated heterocycles. The molecule has 2 aliphatic rings. The number of nitrogens with one attached hydrogen (secondary N) is 1. The second kappa shape index (κ2) is 5.35. The Morgan fingerprint density at radius 1 is 1.00 bits per heavy atom. The van der Waals surface area contributed by atoms with Crippen molar-refractivity contribution in [3.8, 4) is 11.5 Å². The average molecular weight is 283 g/mol. The number of aromatic hydroxyl groups is 2. The van der Waals surface area contributed by atoms with E-state index in [1.165, 1.54) is 0 Å². The van der Waals surface area contributed by atoms with E-state index >= 15 is 0 Å². The molecule has 2 heterocycles. The minimum atomic E-state index is -1.82. The Balaban J connectivity index is 0.000000212. The van der Waals surface area contributed by atoms with Gasteiger partial charge in [-0.2, -0.15) is 0 Å². The summed E-state index contributed by atoms with van der Waals surface area (Å²) >= 11 is 0. The lowest BCUT2D eigenvalue weighted by Crippen LogP contribution is -2.30. The fourth-order valence-electron chi connectivity index (χ4n) is 2.17. The Labute approximate surface area is 113 Å². The number of hydrogen-bond donors (Lipinski definition) is 5. The molecule has 2 bridgehead atoms. The number of ether oxygens (including phenoxy) is 1. The van der Waals surface area contributed by atoms with E-state index in [9.17, 15) is 10.2 Å². The molecule has 108 valence electrons. The van der Waals surface area contributed by atoms with Crippen molar-refractivity contribution >= 4 is 11.9 Å². The van der Waals surface area contributed by atoms with Crippen LogP contribution in [0.15, 0.2) is 12.1 Å². The quantitative estimate of drug-likeness (QED) is 0.331. The second-order valence-electron chi connectivity index (χ2n) is 4.35. The van der Waals surface area contributed by atoms with Crippen LogP contribution in [-0.2, 0) is 14.3 Å². The number of carbonyl (C=O) groups is 2. The van der Waals surface area contributed by atoms with Crippen LogP contribution in [0.4, 0.5) is 0 Å². The summed E-state index contributed by atoms with van der Waals surface area (Å²) in [6.07, 6.45) is 0.0468. The highest BCUT2D eigenvalue weighted by atomic mass is 16.5. The molecule has 0 aliphatic carbocycles. The fourth-order valence-corrected chi connectivity index (χ4v) is 2.17. The first-order valence-electron chi connectivity index (χ1n) is 5.78. The summed E-state index contributed by atoms with van der Waals surface area (Å²) in [6.45, 7) is 1.54. The van der Waals surface area contributed by atoms with E-state index in [-0.39, 0.29) is 23.7 Å². The molecule has 8 heteroatoms. The van der Waals surface area contributed by atoms with Gasteiger partial charge in [0.25, 0.3) is 0 Å². The summed E-state index contributed by atoms with van der Waals surface area (Å²) in [7, 11) is 0. The molecule has 2 atom stereocenters. The van der Waals surface area contributed by atoms with Gasteiger partial charge in [0.05, 0.1) is 12.2 Å². The van der Waals surface area contributed by atoms with Crippen LogP contribution in [0.5, 0.6) is 11.5 Å². The van der Waals surface area contributed by atoms with Crippen LogP contribution in [0, 0.1) is 0 Å². The van der Waals surface area contributed by atoms with Crippen LogP contribution < -0.4 is 5.32 Å². The summed E-state index contributed by atoms with van der Waals surface area (Å²) in [6, 6.07) is 3.20. The van der Waals surface area contributed by atoms with E-state index < -0.39 is 11.9 Å². The summed E-state index contributed by atoms with van der Waals surface area (Å²) in [4.78, 5) is 18.2. The number of fused-ring (bicyclic) bond motifs is 5. The Hall–Kier alpha value is -2.32. The number of carboxylic acids is 2. The van der Waals surface area contributed by atoms with Gasteiger partial charge >= 0.3 is 11.9 Å². The van der Waals surface area contributed by atoms with Crippen LogP contribution in [-0.4, -0.2) is 45.5 Å². The molecule has 2 aliphatic heterocycles. The SMILES string of the molecule is O=C(O)C(=O)O.Oc1cc2c(cc1O)C1CNCC2O1. The van der Waals surface area contributed by atoms with Gasteiger partial charge in [0.1, 0.15) is 0 Å². The van der Waals surface area contributed by atoms with Crippen LogP contribution in [0.3, 0.4) is 0 Å². The smallest absolute Gasteiger partial charge is 0.414 e. The Morgan fingerprint density at radius 2 is 1.40 bits per heavy atom. The predicted octanol–water partition coefficient (Wildman–Crippen LogP) is -0.0310. The number of rotatable bonds is 0. The molecule has 20 heavy (non-hydrogen) atoms. The summed E-state index contributed by atoms with van der Waals surface area (Å²) in [5.74, 6) is -3.79. The molecule has 1 fully saturated rings. The minimum absolute atomic E-state index is 0.0234. The molecule has 0 amide bonds. The van der Waals surface area contributed by atoms with Gasteiger partial charge in [-0.1, -0.05) is 0 Å². The molecule has 0 saturated carbocycles. The molecule has 3 rings (SSSR count). The maximum atomic E-state index is 9.38. The second-order valence-corrected chi connectivity index (χ2v) is 4.35. The van der Waals surface area contributed by atoms with E-state index in [2.05, 4.69) is 5.32 Å². The van der Waals surface area contributed by atoms with Crippen LogP contribution in [0.2, 0.25) is 0 Å². The minimum Gasteiger partial charge on any atom is -0.504 e. The van der Waals surface area contributed by atoms with Gasteiger partial charge < -0.3 is 30.5 Å². The summed E-state index contributed by atoms with van der Waals surface area (Å²) in [5, 5.41) is 36.8. The number of aliphatic carboxylic acids is 2. The van der Waals surface area contributed by atoms with E-state index in [1.807, 2.05) is 0 Å². The summed E-state index contributed by atoms with van der Waals surface area (Å²) < 4.78 is 5.69. The molecule has 5 N–H and O–H groups in total. The van der Waals surface area contributed by atoms with Gasteiger partial charge in [0, 0.05) is 13.1 Å². The van der Waals surface area contributed by atoms with E-state index in [0.717, 1.165) is 24.2 Å².